The summed E-state index contributed by atoms with van der Waals surface area (Å²) in [5.74, 6) is -0.451. The fraction of sp³-hybridized carbons (Fsp3) is 0.500. The predicted octanol–water partition coefficient (Wildman–Crippen LogP) is 0.294. The van der Waals surface area contributed by atoms with Crippen LogP contribution in [0.2, 0.25) is 0 Å². The van der Waals surface area contributed by atoms with Crippen LogP contribution in [-0.4, -0.2) is 29.9 Å². The van der Waals surface area contributed by atoms with Gasteiger partial charge in [-0.25, -0.2) is 0 Å². The van der Waals surface area contributed by atoms with E-state index in [1.54, 1.807) is 13.0 Å². The van der Waals surface area contributed by atoms with E-state index in [0.29, 0.717) is 0 Å². The van der Waals surface area contributed by atoms with Crippen LogP contribution >= 0.6 is 0 Å². The van der Waals surface area contributed by atoms with Crippen LogP contribution in [0.3, 0.4) is 0 Å². The number of imide groups is 1. The first-order valence-corrected chi connectivity index (χ1v) is 3.74. The molecule has 0 aromatic rings. The number of hydrogen-bond donors (Lipinski definition) is 0. The Morgan fingerprint density at radius 3 is 2.67 bits per heavy atom. The first-order valence-electron chi connectivity index (χ1n) is 3.74. The average Bonchev–Trinajstić information content (AvgIpc) is 2.30. The van der Waals surface area contributed by atoms with Gasteiger partial charge >= 0.3 is 0 Å². The molecule has 1 saturated heterocycles. The van der Waals surface area contributed by atoms with Crippen molar-refractivity contribution in [1.29, 1.82) is 0 Å². The molecule has 1 heterocycles. The minimum absolute atomic E-state index is 0.152. The SMILES string of the molecule is CC=COC1CC(=O)N(C)C1=O. The maximum atomic E-state index is 11.2. The average molecular weight is 169 g/mol. The van der Waals surface area contributed by atoms with Crippen LogP contribution in [0.15, 0.2) is 12.3 Å². The highest BCUT2D eigenvalue weighted by Crippen LogP contribution is 2.13. The summed E-state index contributed by atoms with van der Waals surface area (Å²) in [6, 6.07) is 0. The Labute approximate surface area is 70.8 Å². The predicted molar refractivity (Wildman–Crippen MR) is 42.1 cm³/mol. The molecule has 0 radical (unpaired) electrons. The maximum absolute atomic E-state index is 11.2. The third kappa shape index (κ3) is 1.47. The highest BCUT2D eigenvalue weighted by molar-refractivity contribution is 6.04. The van der Waals surface area contributed by atoms with Crippen LogP contribution in [-0.2, 0) is 14.3 Å². The number of ether oxygens (including phenoxy) is 1. The third-order valence-electron chi connectivity index (χ3n) is 1.72. The molecule has 1 unspecified atom stereocenters. The van der Waals surface area contributed by atoms with Crippen molar-refractivity contribution < 1.29 is 14.3 Å². The van der Waals surface area contributed by atoms with Crippen LogP contribution in [0.4, 0.5) is 0 Å². The molecule has 0 spiro atoms. The molecule has 1 rings (SSSR count). The summed E-state index contributed by atoms with van der Waals surface area (Å²) in [6.45, 7) is 1.78. The van der Waals surface area contributed by atoms with E-state index in [2.05, 4.69) is 0 Å². The van der Waals surface area contributed by atoms with Gasteiger partial charge in [-0.05, 0) is 6.92 Å². The molecule has 66 valence electrons. The molecular formula is C8H11NO3. The van der Waals surface area contributed by atoms with E-state index in [4.69, 9.17) is 4.74 Å². The van der Waals surface area contributed by atoms with Crippen molar-refractivity contribution in [1.82, 2.24) is 4.90 Å². The van der Waals surface area contributed by atoms with Gasteiger partial charge in [0.15, 0.2) is 6.10 Å². The van der Waals surface area contributed by atoms with Gasteiger partial charge in [0.1, 0.15) is 0 Å². The van der Waals surface area contributed by atoms with Gasteiger partial charge in [0, 0.05) is 7.05 Å². The molecule has 0 aromatic carbocycles. The standard InChI is InChI=1S/C8H11NO3/c1-3-4-12-6-5-7(10)9(2)8(6)11/h3-4,6H,5H2,1-2H3. The molecule has 1 fully saturated rings. The first kappa shape index (κ1) is 8.77. The van der Waals surface area contributed by atoms with E-state index >= 15 is 0 Å². The van der Waals surface area contributed by atoms with Gasteiger partial charge < -0.3 is 4.74 Å². The molecule has 0 bridgehead atoms. The smallest absolute Gasteiger partial charge is 0.270 e. The summed E-state index contributed by atoms with van der Waals surface area (Å²) in [5, 5.41) is 0. The van der Waals surface area contributed by atoms with Gasteiger partial charge in [0.05, 0.1) is 12.7 Å². The summed E-state index contributed by atoms with van der Waals surface area (Å²) in [4.78, 5) is 23.2. The zero-order chi connectivity index (χ0) is 9.14. The molecule has 1 aliphatic rings. The Kier molecular flexibility index (Phi) is 2.47. The van der Waals surface area contributed by atoms with E-state index in [1.807, 2.05) is 0 Å². The summed E-state index contributed by atoms with van der Waals surface area (Å²) in [7, 11) is 1.46. The Balaban J connectivity index is 2.59. The second-order valence-electron chi connectivity index (χ2n) is 2.59. The number of carbonyl (C=O) groups excluding carboxylic acids is 2. The summed E-state index contributed by atoms with van der Waals surface area (Å²) < 4.78 is 5.01. The summed E-state index contributed by atoms with van der Waals surface area (Å²) in [5.41, 5.74) is 0. The third-order valence-corrected chi connectivity index (χ3v) is 1.72. The number of hydrogen-bond acceptors (Lipinski definition) is 3. The molecule has 1 atom stereocenters. The minimum atomic E-state index is -0.612. The van der Waals surface area contributed by atoms with Crippen molar-refractivity contribution in [3.05, 3.63) is 12.3 Å². The van der Waals surface area contributed by atoms with Crippen LogP contribution in [0.25, 0.3) is 0 Å². The lowest BCUT2D eigenvalue weighted by molar-refractivity contribution is -0.139. The number of allylic oxidation sites excluding steroid dienone is 1. The molecule has 4 nitrogen and oxygen atoms in total. The number of carbonyl (C=O) groups is 2. The van der Waals surface area contributed by atoms with Crippen molar-refractivity contribution in [2.45, 2.75) is 19.4 Å². The van der Waals surface area contributed by atoms with Crippen molar-refractivity contribution in [3.63, 3.8) is 0 Å². The van der Waals surface area contributed by atoms with E-state index in [-0.39, 0.29) is 18.2 Å². The quantitative estimate of drug-likeness (QED) is 0.441. The molecule has 0 N–H and O–H groups in total. The van der Waals surface area contributed by atoms with Crippen molar-refractivity contribution in [3.8, 4) is 0 Å². The van der Waals surface area contributed by atoms with Crippen LogP contribution in [0, 0.1) is 0 Å². The zero-order valence-corrected chi connectivity index (χ0v) is 7.11. The summed E-state index contributed by atoms with van der Waals surface area (Å²) >= 11 is 0. The number of nitrogens with zero attached hydrogens (tertiary/aromatic N) is 1. The highest BCUT2D eigenvalue weighted by atomic mass is 16.5. The molecule has 2 amide bonds. The fourth-order valence-electron chi connectivity index (χ4n) is 1.00. The molecule has 12 heavy (non-hydrogen) atoms. The van der Waals surface area contributed by atoms with Gasteiger partial charge in [-0.15, -0.1) is 0 Å². The zero-order valence-electron chi connectivity index (χ0n) is 7.11. The summed E-state index contributed by atoms with van der Waals surface area (Å²) in [6.07, 6.45) is 2.64. The van der Waals surface area contributed by atoms with Gasteiger partial charge in [-0.1, -0.05) is 6.08 Å². The van der Waals surface area contributed by atoms with Crippen molar-refractivity contribution in [2.75, 3.05) is 7.05 Å². The monoisotopic (exact) mass is 169 g/mol. The molecule has 0 aromatic heterocycles. The molecule has 4 heteroatoms. The minimum Gasteiger partial charge on any atom is -0.488 e. The molecule has 0 saturated carbocycles. The van der Waals surface area contributed by atoms with E-state index in [1.165, 1.54) is 13.3 Å². The van der Waals surface area contributed by atoms with Crippen molar-refractivity contribution >= 4 is 11.8 Å². The Hall–Kier alpha value is -1.32. The Morgan fingerprint density at radius 1 is 1.58 bits per heavy atom. The lowest BCUT2D eigenvalue weighted by atomic mass is 10.3. The van der Waals surface area contributed by atoms with E-state index < -0.39 is 6.10 Å². The van der Waals surface area contributed by atoms with E-state index in [0.717, 1.165) is 4.90 Å². The lowest BCUT2D eigenvalue weighted by Gasteiger charge is -2.07. The van der Waals surface area contributed by atoms with Crippen molar-refractivity contribution in [2.24, 2.45) is 0 Å². The topological polar surface area (TPSA) is 46.6 Å². The van der Waals surface area contributed by atoms with Gasteiger partial charge in [0.25, 0.3) is 5.91 Å². The van der Waals surface area contributed by atoms with Crippen LogP contribution in [0.1, 0.15) is 13.3 Å². The number of amides is 2. The molecule has 1 aliphatic heterocycles. The number of likely N-dealkylation sites (N-methyl/N-ethyl adjacent to an activating group) is 1. The molecular weight excluding hydrogens is 158 g/mol. The van der Waals surface area contributed by atoms with Gasteiger partial charge in [-0.3, -0.25) is 14.5 Å². The first-order chi connectivity index (χ1) is 5.66. The highest BCUT2D eigenvalue weighted by Gasteiger charge is 2.36. The largest absolute Gasteiger partial charge is 0.488 e. The second kappa shape index (κ2) is 3.38. The fourth-order valence-corrected chi connectivity index (χ4v) is 1.00. The van der Waals surface area contributed by atoms with Gasteiger partial charge in [-0.2, -0.15) is 0 Å². The van der Waals surface area contributed by atoms with Gasteiger partial charge in [0.2, 0.25) is 5.91 Å². The van der Waals surface area contributed by atoms with Crippen LogP contribution < -0.4 is 0 Å². The van der Waals surface area contributed by atoms with E-state index in [9.17, 15) is 9.59 Å². The normalized spacial score (nSPS) is 24.2. The maximum Gasteiger partial charge on any atom is 0.270 e. The Morgan fingerprint density at radius 2 is 2.25 bits per heavy atom. The lowest BCUT2D eigenvalue weighted by Crippen LogP contribution is -2.28. The molecule has 0 aliphatic carbocycles. The number of likely N-dealkylation sites (tertiary alicyclic amines) is 1. The number of rotatable bonds is 2. The second-order valence-corrected chi connectivity index (χ2v) is 2.59. The van der Waals surface area contributed by atoms with Crippen LogP contribution in [0.5, 0.6) is 0 Å². The Bertz CT molecular complexity index is 234.